The highest BCUT2D eigenvalue weighted by atomic mass is 16.3. The first-order chi connectivity index (χ1) is 10.2. The van der Waals surface area contributed by atoms with E-state index in [9.17, 15) is 0 Å². The first-order valence-corrected chi connectivity index (χ1v) is 7.04. The van der Waals surface area contributed by atoms with Gasteiger partial charge in [-0.1, -0.05) is 66.7 Å². The molecule has 0 bridgehead atoms. The van der Waals surface area contributed by atoms with Gasteiger partial charge in [-0.15, -0.1) is 0 Å². The predicted molar refractivity (Wildman–Crippen MR) is 89.5 cm³/mol. The van der Waals surface area contributed by atoms with E-state index in [4.69, 9.17) is 5.11 Å². The van der Waals surface area contributed by atoms with Gasteiger partial charge in [-0.3, -0.25) is 0 Å². The minimum Gasteiger partial charge on any atom is -0.508 e. The maximum absolute atomic E-state index is 8.63. The number of aromatic hydroxyl groups is 1. The van der Waals surface area contributed by atoms with Crippen LogP contribution in [-0.2, 0) is 0 Å². The fourth-order valence-corrected chi connectivity index (χ4v) is 2.11. The molecule has 0 saturated heterocycles. The van der Waals surface area contributed by atoms with Gasteiger partial charge in [-0.2, -0.15) is 0 Å². The second kappa shape index (κ2) is 7.30. The number of aryl methyl sites for hydroxylation is 1. The maximum Gasteiger partial charge on any atom is 0.115 e. The van der Waals surface area contributed by atoms with Crippen molar-refractivity contribution >= 4 is 0 Å². The summed E-state index contributed by atoms with van der Waals surface area (Å²) in [5.41, 5.74) is 5.37. The van der Waals surface area contributed by atoms with Crippen molar-refractivity contribution in [3.8, 4) is 16.9 Å². The fraction of sp³-hybridized carbons (Fsp3) is 0.100. The molecule has 21 heavy (non-hydrogen) atoms. The number of hydrogen-bond donors (Lipinski definition) is 1. The molecule has 0 aromatic heterocycles. The number of benzene rings is 3. The molecule has 0 aliphatic heterocycles. The summed E-state index contributed by atoms with van der Waals surface area (Å²) in [6.45, 7) is 4.33. The molecule has 0 heterocycles. The normalized spacial score (nSPS) is 9.62. The molecule has 3 rings (SSSR count). The molecule has 0 aliphatic carbocycles. The molecule has 106 valence electrons. The summed E-state index contributed by atoms with van der Waals surface area (Å²) < 4.78 is 0. The van der Waals surface area contributed by atoms with Crippen molar-refractivity contribution in [3.63, 3.8) is 0 Å². The number of hydrogen-bond acceptors (Lipinski definition) is 1. The van der Waals surface area contributed by atoms with Gasteiger partial charge in [0.1, 0.15) is 5.75 Å². The van der Waals surface area contributed by atoms with E-state index in [1.807, 2.05) is 6.07 Å². The molecule has 0 saturated carbocycles. The highest BCUT2D eigenvalue weighted by Crippen LogP contribution is 2.24. The zero-order valence-corrected chi connectivity index (χ0v) is 12.5. The average molecular weight is 276 g/mol. The lowest BCUT2D eigenvalue weighted by Crippen LogP contribution is -1.85. The highest BCUT2D eigenvalue weighted by molar-refractivity contribution is 5.68. The summed E-state index contributed by atoms with van der Waals surface area (Å²) in [5, 5.41) is 8.63. The topological polar surface area (TPSA) is 20.2 Å². The van der Waals surface area contributed by atoms with Gasteiger partial charge in [0.25, 0.3) is 0 Å². The molecule has 0 radical (unpaired) electrons. The fourth-order valence-electron chi connectivity index (χ4n) is 2.11. The zero-order valence-electron chi connectivity index (χ0n) is 12.5. The first kappa shape index (κ1) is 14.9. The average Bonchev–Trinajstić information content (AvgIpc) is 2.52. The highest BCUT2D eigenvalue weighted by Gasteiger charge is 2.01. The summed E-state index contributed by atoms with van der Waals surface area (Å²) >= 11 is 0. The monoisotopic (exact) mass is 276 g/mol. The third-order valence-electron chi connectivity index (χ3n) is 3.45. The maximum atomic E-state index is 8.63. The molecule has 1 N–H and O–H groups in total. The van der Waals surface area contributed by atoms with Crippen LogP contribution in [0.4, 0.5) is 0 Å². The Hall–Kier alpha value is -2.54. The Balaban J connectivity index is 0.000000194. The van der Waals surface area contributed by atoms with Crippen LogP contribution in [0.1, 0.15) is 11.1 Å². The van der Waals surface area contributed by atoms with Crippen LogP contribution in [0.3, 0.4) is 0 Å². The zero-order chi connectivity index (χ0) is 15.1. The standard InChI is InChI=1S/C14H14.C6H6O/c1-11-7-6-10-14(12(11)2)13-8-4-3-5-9-13;7-6-4-2-1-3-5-6/h3-10H,1-2H3;1-5,7H. The molecule has 1 nitrogen and oxygen atoms in total. The molecule has 0 unspecified atom stereocenters. The number of rotatable bonds is 1. The van der Waals surface area contributed by atoms with Crippen molar-refractivity contribution < 1.29 is 5.11 Å². The van der Waals surface area contributed by atoms with E-state index in [0.717, 1.165) is 0 Å². The van der Waals surface area contributed by atoms with E-state index in [0.29, 0.717) is 5.75 Å². The van der Waals surface area contributed by atoms with E-state index in [-0.39, 0.29) is 0 Å². The first-order valence-electron chi connectivity index (χ1n) is 7.04. The summed E-state index contributed by atoms with van der Waals surface area (Å²) in [7, 11) is 0. The van der Waals surface area contributed by atoms with Crippen LogP contribution in [0, 0.1) is 13.8 Å². The predicted octanol–water partition coefficient (Wildman–Crippen LogP) is 5.36. The Morgan fingerprint density at radius 2 is 1.19 bits per heavy atom. The van der Waals surface area contributed by atoms with Gasteiger partial charge in [-0.25, -0.2) is 0 Å². The van der Waals surface area contributed by atoms with E-state index in [1.165, 1.54) is 22.3 Å². The number of para-hydroxylation sites is 1. The Bertz CT molecular complexity index is 673. The van der Waals surface area contributed by atoms with Crippen LogP contribution in [0.5, 0.6) is 5.75 Å². The minimum atomic E-state index is 0.322. The van der Waals surface area contributed by atoms with Crippen molar-refractivity contribution in [3.05, 3.63) is 90.0 Å². The van der Waals surface area contributed by atoms with E-state index >= 15 is 0 Å². The molecular weight excluding hydrogens is 256 g/mol. The van der Waals surface area contributed by atoms with Crippen LogP contribution < -0.4 is 0 Å². The molecule has 0 atom stereocenters. The van der Waals surface area contributed by atoms with Gasteiger partial charge in [0.2, 0.25) is 0 Å². The van der Waals surface area contributed by atoms with Crippen LogP contribution >= 0.6 is 0 Å². The smallest absolute Gasteiger partial charge is 0.115 e. The molecule has 1 heteroatoms. The Morgan fingerprint density at radius 1 is 0.619 bits per heavy atom. The van der Waals surface area contributed by atoms with Gasteiger partial charge in [-0.05, 0) is 48.2 Å². The van der Waals surface area contributed by atoms with Crippen LogP contribution in [0.25, 0.3) is 11.1 Å². The van der Waals surface area contributed by atoms with Gasteiger partial charge in [0.05, 0.1) is 0 Å². The SMILES string of the molecule is Cc1cccc(-c2ccccc2)c1C.Oc1ccccc1. The van der Waals surface area contributed by atoms with Crippen molar-refractivity contribution in [1.29, 1.82) is 0 Å². The Kier molecular flexibility index (Phi) is 5.16. The quantitative estimate of drug-likeness (QED) is 0.634. The molecule has 0 spiro atoms. The lowest BCUT2D eigenvalue weighted by atomic mass is 9.97. The van der Waals surface area contributed by atoms with E-state index in [1.54, 1.807) is 24.3 Å². The lowest BCUT2D eigenvalue weighted by molar-refractivity contribution is 0.475. The van der Waals surface area contributed by atoms with Crippen molar-refractivity contribution in [1.82, 2.24) is 0 Å². The molecule has 0 aliphatic rings. The largest absolute Gasteiger partial charge is 0.508 e. The van der Waals surface area contributed by atoms with Crippen molar-refractivity contribution in [2.75, 3.05) is 0 Å². The molecule has 0 amide bonds. The van der Waals surface area contributed by atoms with Crippen molar-refractivity contribution in [2.45, 2.75) is 13.8 Å². The van der Waals surface area contributed by atoms with Gasteiger partial charge < -0.3 is 5.11 Å². The van der Waals surface area contributed by atoms with Gasteiger partial charge in [0, 0.05) is 0 Å². The second-order valence-electron chi connectivity index (χ2n) is 4.95. The van der Waals surface area contributed by atoms with Crippen LogP contribution in [0.2, 0.25) is 0 Å². The summed E-state index contributed by atoms with van der Waals surface area (Å²) in [6, 6.07) is 25.7. The summed E-state index contributed by atoms with van der Waals surface area (Å²) in [4.78, 5) is 0. The van der Waals surface area contributed by atoms with E-state index < -0.39 is 0 Å². The van der Waals surface area contributed by atoms with Crippen molar-refractivity contribution in [2.24, 2.45) is 0 Å². The van der Waals surface area contributed by atoms with Crippen LogP contribution in [0.15, 0.2) is 78.9 Å². The third kappa shape index (κ3) is 4.22. The Morgan fingerprint density at radius 3 is 1.71 bits per heavy atom. The molecular formula is C20H20O. The number of phenolic OH excluding ortho intramolecular Hbond substituents is 1. The second-order valence-corrected chi connectivity index (χ2v) is 4.95. The molecule has 3 aromatic rings. The Labute approximate surface area is 126 Å². The summed E-state index contributed by atoms with van der Waals surface area (Å²) in [6.07, 6.45) is 0. The molecule has 3 aromatic carbocycles. The van der Waals surface area contributed by atoms with Crippen LogP contribution in [-0.4, -0.2) is 5.11 Å². The number of phenols is 1. The minimum absolute atomic E-state index is 0.322. The lowest BCUT2D eigenvalue weighted by Gasteiger charge is -2.07. The van der Waals surface area contributed by atoms with E-state index in [2.05, 4.69) is 62.4 Å². The molecule has 0 fully saturated rings. The third-order valence-corrected chi connectivity index (χ3v) is 3.45. The van der Waals surface area contributed by atoms with Gasteiger partial charge in [0.15, 0.2) is 0 Å². The van der Waals surface area contributed by atoms with Gasteiger partial charge >= 0.3 is 0 Å². The summed E-state index contributed by atoms with van der Waals surface area (Å²) in [5.74, 6) is 0.322.